The Labute approximate surface area is 212 Å². The summed E-state index contributed by atoms with van der Waals surface area (Å²) < 4.78 is 38.4. The monoisotopic (exact) mass is 505 g/mol. The summed E-state index contributed by atoms with van der Waals surface area (Å²) >= 11 is 0. The van der Waals surface area contributed by atoms with Crippen molar-refractivity contribution in [2.75, 3.05) is 79.3 Å². The fourth-order valence-corrected chi connectivity index (χ4v) is 3.54. The van der Waals surface area contributed by atoms with Crippen LogP contribution < -0.4 is 5.32 Å². The SMILES string of the molecule is CCCCOCCOCCOCCOCCOCCOC[C@H]1CC[C@H](NC(=O)OC(C)(C)C)CC1. The number of hydrogen-bond donors (Lipinski definition) is 1. The molecule has 1 aliphatic rings. The number of hydrogen-bond acceptors (Lipinski definition) is 8. The lowest BCUT2D eigenvalue weighted by atomic mass is 9.86. The number of rotatable bonds is 21. The molecule has 9 heteroatoms. The van der Waals surface area contributed by atoms with Gasteiger partial charge in [-0.15, -0.1) is 0 Å². The largest absolute Gasteiger partial charge is 0.444 e. The van der Waals surface area contributed by atoms with Crippen LogP contribution >= 0.6 is 0 Å². The summed E-state index contributed by atoms with van der Waals surface area (Å²) in [7, 11) is 0. The zero-order chi connectivity index (χ0) is 25.6. The number of amides is 1. The normalized spacial score (nSPS) is 18.5. The number of alkyl carbamates (subject to hydrolysis) is 1. The molecular formula is C26H51NO8. The van der Waals surface area contributed by atoms with Gasteiger partial charge >= 0.3 is 6.09 Å². The van der Waals surface area contributed by atoms with E-state index >= 15 is 0 Å². The van der Waals surface area contributed by atoms with Crippen LogP contribution in [0.4, 0.5) is 4.79 Å². The summed E-state index contributed by atoms with van der Waals surface area (Å²) in [5, 5.41) is 2.97. The van der Waals surface area contributed by atoms with Gasteiger partial charge in [-0.25, -0.2) is 4.79 Å². The average molecular weight is 506 g/mol. The van der Waals surface area contributed by atoms with Crippen molar-refractivity contribution in [1.82, 2.24) is 5.32 Å². The molecule has 0 saturated heterocycles. The second-order valence-corrected chi connectivity index (χ2v) is 9.85. The van der Waals surface area contributed by atoms with E-state index in [4.69, 9.17) is 33.2 Å². The van der Waals surface area contributed by atoms with Crippen molar-refractivity contribution in [2.45, 2.75) is 77.9 Å². The second-order valence-electron chi connectivity index (χ2n) is 9.85. The summed E-state index contributed by atoms with van der Waals surface area (Å²) in [5.41, 5.74) is -0.462. The van der Waals surface area contributed by atoms with Crippen molar-refractivity contribution >= 4 is 6.09 Å². The standard InChI is InChI=1S/C26H51NO8/c1-5-6-11-29-12-13-30-14-15-31-16-17-32-18-19-33-20-21-34-22-23-7-9-24(10-8-23)27-25(28)35-26(2,3)4/h23-24H,5-22H2,1-4H3,(H,27,28)/t23-,24-. The van der Waals surface area contributed by atoms with Gasteiger partial charge in [0.15, 0.2) is 0 Å². The van der Waals surface area contributed by atoms with Crippen LogP contribution in [-0.4, -0.2) is 97.0 Å². The van der Waals surface area contributed by atoms with Gasteiger partial charge in [0.2, 0.25) is 0 Å². The lowest BCUT2D eigenvalue weighted by molar-refractivity contribution is -0.0194. The Morgan fingerprint density at radius 3 is 1.54 bits per heavy atom. The van der Waals surface area contributed by atoms with Gasteiger partial charge in [0.25, 0.3) is 0 Å². The fourth-order valence-electron chi connectivity index (χ4n) is 3.54. The summed E-state index contributed by atoms with van der Waals surface area (Å²) in [6.45, 7) is 15.1. The molecule has 1 amide bonds. The first-order valence-electron chi connectivity index (χ1n) is 13.4. The van der Waals surface area contributed by atoms with Crippen molar-refractivity contribution in [3.63, 3.8) is 0 Å². The van der Waals surface area contributed by atoms with Crippen molar-refractivity contribution in [3.8, 4) is 0 Å². The van der Waals surface area contributed by atoms with Crippen molar-refractivity contribution in [3.05, 3.63) is 0 Å². The first-order chi connectivity index (χ1) is 16.9. The van der Waals surface area contributed by atoms with Crippen molar-refractivity contribution in [2.24, 2.45) is 5.92 Å². The maximum atomic E-state index is 11.9. The quantitative estimate of drug-likeness (QED) is 0.234. The van der Waals surface area contributed by atoms with E-state index in [0.717, 1.165) is 51.7 Å². The van der Waals surface area contributed by atoms with Gasteiger partial charge in [-0.2, -0.15) is 0 Å². The number of nitrogens with one attached hydrogen (secondary N) is 1. The molecule has 0 spiro atoms. The highest BCUT2D eigenvalue weighted by Crippen LogP contribution is 2.24. The molecule has 0 unspecified atom stereocenters. The van der Waals surface area contributed by atoms with E-state index in [1.807, 2.05) is 20.8 Å². The van der Waals surface area contributed by atoms with Gasteiger partial charge < -0.3 is 38.5 Å². The number of unbranched alkanes of at least 4 members (excludes halogenated alkanes) is 1. The van der Waals surface area contributed by atoms with Gasteiger partial charge in [-0.05, 0) is 58.8 Å². The Morgan fingerprint density at radius 1 is 0.686 bits per heavy atom. The van der Waals surface area contributed by atoms with Gasteiger partial charge in [-0.1, -0.05) is 13.3 Å². The zero-order valence-corrected chi connectivity index (χ0v) is 22.6. The highest BCUT2D eigenvalue weighted by atomic mass is 16.6. The maximum Gasteiger partial charge on any atom is 0.407 e. The third kappa shape index (κ3) is 20.9. The molecule has 208 valence electrons. The van der Waals surface area contributed by atoms with Crippen LogP contribution in [-0.2, 0) is 33.2 Å². The molecule has 0 aromatic carbocycles. The smallest absolute Gasteiger partial charge is 0.407 e. The molecule has 1 saturated carbocycles. The Balaban J connectivity index is 1.78. The first-order valence-corrected chi connectivity index (χ1v) is 13.4. The van der Waals surface area contributed by atoms with Gasteiger partial charge in [0, 0.05) is 19.3 Å². The molecule has 0 aromatic rings. The van der Waals surface area contributed by atoms with Crippen LogP contribution in [0.1, 0.15) is 66.2 Å². The van der Waals surface area contributed by atoms with E-state index in [1.165, 1.54) is 0 Å². The molecule has 1 N–H and O–H groups in total. The molecule has 35 heavy (non-hydrogen) atoms. The third-order valence-electron chi connectivity index (χ3n) is 5.42. The zero-order valence-electron chi connectivity index (χ0n) is 22.6. The van der Waals surface area contributed by atoms with Gasteiger partial charge in [-0.3, -0.25) is 0 Å². The topological polar surface area (TPSA) is 93.7 Å². The molecule has 0 heterocycles. The molecule has 1 fully saturated rings. The summed E-state index contributed by atoms with van der Waals surface area (Å²) in [6.07, 6.45) is 5.96. The molecule has 0 radical (unpaired) electrons. The minimum atomic E-state index is -0.462. The van der Waals surface area contributed by atoms with E-state index < -0.39 is 5.60 Å². The molecule has 0 atom stereocenters. The molecular weight excluding hydrogens is 454 g/mol. The van der Waals surface area contributed by atoms with Crippen LogP contribution in [0.15, 0.2) is 0 Å². The van der Waals surface area contributed by atoms with Crippen molar-refractivity contribution in [1.29, 1.82) is 0 Å². The van der Waals surface area contributed by atoms with E-state index in [-0.39, 0.29) is 12.1 Å². The lowest BCUT2D eigenvalue weighted by Gasteiger charge is -2.30. The maximum absolute atomic E-state index is 11.9. The van der Waals surface area contributed by atoms with E-state index in [9.17, 15) is 4.79 Å². The number of ether oxygens (including phenoxy) is 7. The highest BCUT2D eigenvalue weighted by molar-refractivity contribution is 5.68. The van der Waals surface area contributed by atoms with E-state index in [2.05, 4.69) is 12.2 Å². The molecule has 1 aliphatic carbocycles. The summed E-state index contributed by atoms with van der Waals surface area (Å²) in [5.74, 6) is 0.541. The van der Waals surface area contributed by atoms with Crippen LogP contribution in [0.25, 0.3) is 0 Å². The average Bonchev–Trinajstić information content (AvgIpc) is 2.80. The number of carbonyl (C=O) groups excluding carboxylic acids is 1. The lowest BCUT2D eigenvalue weighted by Crippen LogP contribution is -2.41. The minimum absolute atomic E-state index is 0.198. The highest BCUT2D eigenvalue weighted by Gasteiger charge is 2.24. The molecule has 0 aliphatic heterocycles. The van der Waals surface area contributed by atoms with Gasteiger partial charge in [0.05, 0.1) is 66.1 Å². The minimum Gasteiger partial charge on any atom is -0.444 e. The second kappa shape index (κ2) is 21.1. The van der Waals surface area contributed by atoms with E-state index in [1.54, 1.807) is 0 Å². The fraction of sp³-hybridized carbons (Fsp3) is 0.962. The molecule has 9 nitrogen and oxygen atoms in total. The molecule has 0 aromatic heterocycles. The van der Waals surface area contributed by atoms with Crippen LogP contribution in [0.2, 0.25) is 0 Å². The Bertz CT molecular complexity index is 492. The van der Waals surface area contributed by atoms with E-state index in [0.29, 0.717) is 72.0 Å². The van der Waals surface area contributed by atoms with Crippen LogP contribution in [0, 0.1) is 5.92 Å². The molecule has 1 rings (SSSR count). The summed E-state index contributed by atoms with van der Waals surface area (Å²) in [6, 6.07) is 0.198. The van der Waals surface area contributed by atoms with Crippen molar-refractivity contribution < 1.29 is 38.0 Å². The van der Waals surface area contributed by atoms with Crippen LogP contribution in [0.3, 0.4) is 0 Å². The predicted molar refractivity (Wildman–Crippen MR) is 135 cm³/mol. The first kappa shape index (κ1) is 32.1. The summed E-state index contributed by atoms with van der Waals surface area (Å²) in [4.78, 5) is 11.9. The Kier molecular flexibility index (Phi) is 19.4. The van der Waals surface area contributed by atoms with Gasteiger partial charge in [0.1, 0.15) is 5.60 Å². The third-order valence-corrected chi connectivity index (χ3v) is 5.42. The Hall–Kier alpha value is -0.970. The number of carbonyl (C=O) groups is 1. The van der Waals surface area contributed by atoms with Crippen LogP contribution in [0.5, 0.6) is 0 Å². The Morgan fingerprint density at radius 2 is 1.11 bits per heavy atom. The molecule has 0 bridgehead atoms. The predicted octanol–water partition coefficient (Wildman–Crippen LogP) is 3.97.